The van der Waals surface area contributed by atoms with Crippen molar-refractivity contribution in [3.63, 3.8) is 0 Å². The van der Waals surface area contributed by atoms with Gasteiger partial charge in [-0.1, -0.05) is 22.0 Å². The molecule has 3 nitrogen and oxygen atoms in total. The van der Waals surface area contributed by atoms with Crippen molar-refractivity contribution < 1.29 is 4.79 Å². The lowest BCUT2D eigenvalue weighted by molar-refractivity contribution is -0.119. The molecule has 0 spiro atoms. The molecule has 1 fully saturated rings. The predicted octanol–water partition coefficient (Wildman–Crippen LogP) is 2.86. The Labute approximate surface area is 117 Å². The maximum absolute atomic E-state index is 12.2. The van der Waals surface area contributed by atoms with Gasteiger partial charge in [-0.2, -0.15) is 0 Å². The average Bonchev–Trinajstić information content (AvgIpc) is 2.31. The Morgan fingerprint density at radius 2 is 2.22 bits per heavy atom. The van der Waals surface area contributed by atoms with Crippen LogP contribution < -0.4 is 10.2 Å². The van der Waals surface area contributed by atoms with Crippen molar-refractivity contribution in [1.29, 1.82) is 0 Å². The number of amides is 1. The zero-order chi connectivity index (χ0) is 13.1. The molecule has 0 saturated carbocycles. The molecule has 1 aliphatic heterocycles. The number of anilines is 1. The monoisotopic (exact) mass is 310 g/mol. The standard InChI is InChI=1S/C14H19BrN2O/c1-10-4-5-12(9-13(10)15)17-7-3-6-16-11(2)8-14(17)18/h4-5,9,11,16H,3,6-8H2,1-2H3. The van der Waals surface area contributed by atoms with Crippen molar-refractivity contribution in [2.75, 3.05) is 18.0 Å². The number of aryl methyl sites for hydroxylation is 1. The van der Waals surface area contributed by atoms with E-state index in [0.29, 0.717) is 6.42 Å². The molecule has 1 aliphatic rings. The molecule has 1 N–H and O–H groups in total. The van der Waals surface area contributed by atoms with Crippen LogP contribution in [-0.4, -0.2) is 25.0 Å². The van der Waals surface area contributed by atoms with Crippen LogP contribution in [0.5, 0.6) is 0 Å². The third-order valence-electron chi connectivity index (χ3n) is 3.30. The first kappa shape index (κ1) is 13.6. The first-order valence-corrected chi connectivity index (χ1v) is 7.17. The maximum Gasteiger partial charge on any atom is 0.228 e. The van der Waals surface area contributed by atoms with Gasteiger partial charge in [-0.15, -0.1) is 0 Å². The van der Waals surface area contributed by atoms with E-state index in [0.717, 1.165) is 29.7 Å². The van der Waals surface area contributed by atoms with Crippen molar-refractivity contribution in [3.05, 3.63) is 28.2 Å². The predicted molar refractivity (Wildman–Crippen MR) is 77.9 cm³/mol. The molecule has 0 aromatic heterocycles. The van der Waals surface area contributed by atoms with Crippen molar-refractivity contribution >= 4 is 27.5 Å². The van der Waals surface area contributed by atoms with Crippen LogP contribution in [0.15, 0.2) is 22.7 Å². The molecule has 4 heteroatoms. The van der Waals surface area contributed by atoms with Gasteiger partial charge in [0.15, 0.2) is 0 Å². The summed E-state index contributed by atoms with van der Waals surface area (Å²) < 4.78 is 1.06. The molecular weight excluding hydrogens is 292 g/mol. The Kier molecular flexibility index (Phi) is 4.40. The van der Waals surface area contributed by atoms with Gasteiger partial charge in [-0.3, -0.25) is 4.79 Å². The van der Waals surface area contributed by atoms with Crippen LogP contribution in [0.2, 0.25) is 0 Å². The van der Waals surface area contributed by atoms with Gasteiger partial charge < -0.3 is 10.2 Å². The lowest BCUT2D eigenvalue weighted by Crippen LogP contribution is -2.42. The van der Waals surface area contributed by atoms with Gasteiger partial charge in [0, 0.05) is 29.2 Å². The van der Waals surface area contributed by atoms with Gasteiger partial charge in [0.25, 0.3) is 0 Å². The third kappa shape index (κ3) is 3.12. The highest BCUT2D eigenvalue weighted by Gasteiger charge is 2.20. The second-order valence-corrected chi connectivity index (χ2v) is 5.75. The molecule has 18 heavy (non-hydrogen) atoms. The number of benzene rings is 1. The van der Waals surface area contributed by atoms with Crippen molar-refractivity contribution in [1.82, 2.24) is 5.32 Å². The Bertz CT molecular complexity index is 447. The largest absolute Gasteiger partial charge is 0.314 e. The summed E-state index contributed by atoms with van der Waals surface area (Å²) in [5.74, 6) is 0.199. The smallest absolute Gasteiger partial charge is 0.228 e. The lowest BCUT2D eigenvalue weighted by atomic mass is 10.1. The van der Waals surface area contributed by atoms with Crippen molar-refractivity contribution in [3.8, 4) is 0 Å². The van der Waals surface area contributed by atoms with Gasteiger partial charge >= 0.3 is 0 Å². The molecule has 1 amide bonds. The molecule has 1 unspecified atom stereocenters. The number of halogens is 1. The van der Waals surface area contributed by atoms with Crippen LogP contribution >= 0.6 is 15.9 Å². The summed E-state index contributed by atoms with van der Waals surface area (Å²) in [7, 11) is 0. The fraction of sp³-hybridized carbons (Fsp3) is 0.500. The van der Waals surface area contributed by atoms with Crippen LogP contribution in [0.25, 0.3) is 0 Å². The van der Waals surface area contributed by atoms with Gasteiger partial charge in [0.1, 0.15) is 0 Å². The number of carbonyl (C=O) groups excluding carboxylic acids is 1. The Morgan fingerprint density at radius 3 is 2.94 bits per heavy atom. The topological polar surface area (TPSA) is 32.3 Å². The van der Waals surface area contributed by atoms with Gasteiger partial charge in [0.2, 0.25) is 5.91 Å². The van der Waals surface area contributed by atoms with E-state index in [1.165, 1.54) is 5.56 Å². The fourth-order valence-electron chi connectivity index (χ4n) is 2.18. The summed E-state index contributed by atoms with van der Waals surface area (Å²) in [4.78, 5) is 14.1. The SMILES string of the molecule is Cc1ccc(N2CCCNC(C)CC2=O)cc1Br. The minimum absolute atomic E-state index is 0.199. The molecule has 1 atom stereocenters. The minimum atomic E-state index is 0.199. The van der Waals surface area contributed by atoms with E-state index in [1.54, 1.807) is 0 Å². The Balaban J connectivity index is 2.23. The van der Waals surface area contributed by atoms with Crippen LogP contribution in [0.3, 0.4) is 0 Å². The van der Waals surface area contributed by atoms with E-state index in [1.807, 2.05) is 23.1 Å². The molecule has 1 aromatic carbocycles. The Morgan fingerprint density at radius 1 is 1.44 bits per heavy atom. The highest BCUT2D eigenvalue weighted by Crippen LogP contribution is 2.24. The number of hydrogen-bond acceptors (Lipinski definition) is 2. The summed E-state index contributed by atoms with van der Waals surface area (Å²) in [5.41, 5.74) is 2.18. The molecule has 0 bridgehead atoms. The molecule has 1 saturated heterocycles. The molecule has 1 heterocycles. The van der Waals surface area contributed by atoms with Crippen LogP contribution in [0.1, 0.15) is 25.3 Å². The highest BCUT2D eigenvalue weighted by molar-refractivity contribution is 9.10. The number of hydrogen-bond donors (Lipinski definition) is 1. The van der Waals surface area contributed by atoms with Gasteiger partial charge in [-0.25, -0.2) is 0 Å². The molecule has 2 rings (SSSR count). The van der Waals surface area contributed by atoms with Crippen molar-refractivity contribution in [2.24, 2.45) is 0 Å². The number of rotatable bonds is 1. The number of nitrogens with zero attached hydrogens (tertiary/aromatic N) is 1. The summed E-state index contributed by atoms with van der Waals surface area (Å²) in [6.45, 7) is 5.87. The molecular formula is C14H19BrN2O. The van der Waals surface area contributed by atoms with E-state index in [2.05, 4.69) is 35.1 Å². The van der Waals surface area contributed by atoms with E-state index < -0.39 is 0 Å². The molecule has 0 radical (unpaired) electrons. The summed E-state index contributed by atoms with van der Waals surface area (Å²) in [6, 6.07) is 6.37. The second kappa shape index (κ2) is 5.85. The van der Waals surface area contributed by atoms with Crippen LogP contribution in [-0.2, 0) is 4.79 Å². The van der Waals surface area contributed by atoms with E-state index in [-0.39, 0.29) is 11.9 Å². The Hall–Kier alpha value is -0.870. The van der Waals surface area contributed by atoms with Crippen LogP contribution in [0.4, 0.5) is 5.69 Å². The zero-order valence-corrected chi connectivity index (χ0v) is 12.5. The average molecular weight is 311 g/mol. The quantitative estimate of drug-likeness (QED) is 0.865. The molecule has 98 valence electrons. The maximum atomic E-state index is 12.2. The first-order valence-electron chi connectivity index (χ1n) is 6.38. The van der Waals surface area contributed by atoms with Gasteiger partial charge in [-0.05, 0) is 44.5 Å². The zero-order valence-electron chi connectivity index (χ0n) is 10.9. The first-order chi connectivity index (χ1) is 8.58. The molecule has 0 aliphatic carbocycles. The number of carbonyl (C=O) groups is 1. The third-order valence-corrected chi connectivity index (χ3v) is 4.15. The normalized spacial score (nSPS) is 21.6. The van der Waals surface area contributed by atoms with E-state index in [4.69, 9.17) is 0 Å². The van der Waals surface area contributed by atoms with Gasteiger partial charge in [0.05, 0.1) is 0 Å². The minimum Gasteiger partial charge on any atom is -0.314 e. The summed E-state index contributed by atoms with van der Waals surface area (Å²) >= 11 is 3.53. The lowest BCUT2D eigenvalue weighted by Gasteiger charge is -2.28. The van der Waals surface area contributed by atoms with E-state index in [9.17, 15) is 4.79 Å². The van der Waals surface area contributed by atoms with Crippen LogP contribution in [0, 0.1) is 6.92 Å². The molecule has 1 aromatic rings. The summed E-state index contributed by atoms with van der Waals surface area (Å²) in [5, 5.41) is 3.35. The summed E-state index contributed by atoms with van der Waals surface area (Å²) in [6.07, 6.45) is 1.55. The fourth-order valence-corrected chi connectivity index (χ4v) is 2.54. The highest BCUT2D eigenvalue weighted by atomic mass is 79.9. The van der Waals surface area contributed by atoms with Crippen molar-refractivity contribution in [2.45, 2.75) is 32.7 Å². The van der Waals surface area contributed by atoms with E-state index >= 15 is 0 Å². The number of nitrogens with one attached hydrogen (secondary N) is 1. The second-order valence-electron chi connectivity index (χ2n) is 4.89.